The van der Waals surface area contributed by atoms with Gasteiger partial charge < -0.3 is 10.0 Å². The number of sulfonamides is 1. The Balaban J connectivity index is 2.12. The fourth-order valence-electron chi connectivity index (χ4n) is 2.40. The third kappa shape index (κ3) is 5.30. The number of aryl methyl sites for hydroxylation is 1. The van der Waals surface area contributed by atoms with E-state index in [9.17, 15) is 18.0 Å². The van der Waals surface area contributed by atoms with Gasteiger partial charge in [0.05, 0.1) is 10.8 Å². The molecule has 0 heterocycles. The lowest BCUT2D eigenvalue weighted by Crippen LogP contribution is -2.33. The van der Waals surface area contributed by atoms with E-state index in [1.165, 1.54) is 43.1 Å². The molecule has 1 atom stereocenters. The van der Waals surface area contributed by atoms with Gasteiger partial charge >= 0.3 is 5.97 Å². The maximum Gasteiger partial charge on any atom is 0.308 e. The Morgan fingerprint density at radius 1 is 1.07 bits per heavy atom. The number of nitrogens with zero attached hydrogens (tertiary/aromatic N) is 1. The molecule has 0 aliphatic heterocycles. The van der Waals surface area contributed by atoms with Gasteiger partial charge in [0.25, 0.3) is 15.9 Å². The van der Waals surface area contributed by atoms with Crippen LogP contribution >= 0.6 is 0 Å². The van der Waals surface area contributed by atoms with Crippen molar-refractivity contribution in [3.05, 3.63) is 59.7 Å². The average molecular weight is 390 g/mol. The van der Waals surface area contributed by atoms with E-state index >= 15 is 0 Å². The average Bonchev–Trinajstić information content (AvgIpc) is 2.62. The normalized spacial score (nSPS) is 12.3. The van der Waals surface area contributed by atoms with Crippen molar-refractivity contribution in [1.29, 1.82) is 0 Å². The van der Waals surface area contributed by atoms with Crippen molar-refractivity contribution in [3.8, 4) is 0 Å². The summed E-state index contributed by atoms with van der Waals surface area (Å²) >= 11 is 0. The molecule has 0 fully saturated rings. The van der Waals surface area contributed by atoms with Crippen LogP contribution in [0.5, 0.6) is 0 Å². The molecule has 144 valence electrons. The van der Waals surface area contributed by atoms with Gasteiger partial charge in [-0.2, -0.15) is 0 Å². The number of nitrogens with one attached hydrogen (secondary N) is 1. The van der Waals surface area contributed by atoms with E-state index in [2.05, 4.69) is 4.72 Å². The number of carbonyl (C=O) groups excluding carboxylic acids is 1. The number of carboxylic acids is 1. The molecule has 0 saturated heterocycles. The molecule has 2 aromatic carbocycles. The number of carbonyl (C=O) groups is 2. The summed E-state index contributed by atoms with van der Waals surface area (Å²) < 4.78 is 27.4. The Kier molecular flexibility index (Phi) is 6.22. The molecule has 0 aliphatic carbocycles. The molecule has 0 saturated carbocycles. The van der Waals surface area contributed by atoms with Crippen molar-refractivity contribution in [1.82, 2.24) is 4.90 Å². The fraction of sp³-hybridized carbons (Fsp3) is 0.263. The third-order valence-electron chi connectivity index (χ3n) is 4.03. The summed E-state index contributed by atoms with van der Waals surface area (Å²) in [5, 5.41) is 8.93. The lowest BCUT2D eigenvalue weighted by molar-refractivity contribution is -0.141. The standard InChI is InChI=1S/C19H22N2O5S/c1-13-4-8-16(9-5-13)20-27(25,26)17-10-6-15(7-11-17)18(22)21(3)12-14(2)19(23)24/h4-11,14,20H,12H2,1-3H3,(H,23,24). The number of hydrogen-bond donors (Lipinski definition) is 2. The molecule has 0 aliphatic rings. The Morgan fingerprint density at radius 3 is 2.15 bits per heavy atom. The summed E-state index contributed by atoms with van der Waals surface area (Å²) in [6, 6.07) is 12.5. The van der Waals surface area contributed by atoms with Crippen molar-refractivity contribution in [2.45, 2.75) is 18.7 Å². The van der Waals surface area contributed by atoms with Gasteiger partial charge in [0.15, 0.2) is 0 Å². The van der Waals surface area contributed by atoms with E-state index < -0.39 is 21.9 Å². The van der Waals surface area contributed by atoms with E-state index in [1.807, 2.05) is 6.92 Å². The lowest BCUT2D eigenvalue weighted by atomic mass is 10.1. The maximum absolute atomic E-state index is 12.5. The quantitative estimate of drug-likeness (QED) is 0.756. The highest BCUT2D eigenvalue weighted by atomic mass is 32.2. The van der Waals surface area contributed by atoms with Crippen molar-refractivity contribution in [2.75, 3.05) is 18.3 Å². The van der Waals surface area contributed by atoms with E-state index in [-0.39, 0.29) is 22.9 Å². The molecule has 8 heteroatoms. The van der Waals surface area contributed by atoms with Gasteiger partial charge in [0.1, 0.15) is 0 Å². The molecule has 7 nitrogen and oxygen atoms in total. The second-order valence-corrected chi connectivity index (χ2v) is 8.10. The molecule has 1 amide bonds. The fourth-order valence-corrected chi connectivity index (χ4v) is 3.46. The van der Waals surface area contributed by atoms with E-state index in [0.29, 0.717) is 5.69 Å². The summed E-state index contributed by atoms with van der Waals surface area (Å²) in [5.74, 6) is -2.06. The van der Waals surface area contributed by atoms with Crippen LogP contribution in [0.25, 0.3) is 0 Å². The van der Waals surface area contributed by atoms with E-state index in [4.69, 9.17) is 5.11 Å². The van der Waals surface area contributed by atoms with Gasteiger partial charge in [-0.25, -0.2) is 8.42 Å². The zero-order chi connectivity index (χ0) is 20.2. The van der Waals surface area contributed by atoms with Crippen LogP contribution in [0.1, 0.15) is 22.8 Å². The van der Waals surface area contributed by atoms with Crippen LogP contribution in [0.3, 0.4) is 0 Å². The zero-order valence-electron chi connectivity index (χ0n) is 15.3. The number of carboxylic acid groups (broad SMARTS) is 1. The first-order valence-electron chi connectivity index (χ1n) is 8.28. The summed E-state index contributed by atoms with van der Waals surface area (Å²) in [5.41, 5.74) is 1.75. The SMILES string of the molecule is Cc1ccc(NS(=O)(=O)c2ccc(C(=O)N(C)CC(C)C(=O)O)cc2)cc1. The predicted molar refractivity (Wildman–Crippen MR) is 102 cm³/mol. The molecule has 2 N–H and O–H groups in total. The van der Waals surface area contributed by atoms with Crippen molar-refractivity contribution in [2.24, 2.45) is 5.92 Å². The Labute approximate surface area is 158 Å². The number of hydrogen-bond acceptors (Lipinski definition) is 4. The van der Waals surface area contributed by atoms with Gasteiger partial charge in [-0.1, -0.05) is 24.6 Å². The molecule has 0 bridgehead atoms. The first kappa shape index (κ1) is 20.4. The van der Waals surface area contributed by atoms with Gasteiger partial charge in [0, 0.05) is 24.8 Å². The van der Waals surface area contributed by atoms with Gasteiger partial charge in [-0.15, -0.1) is 0 Å². The molecule has 2 rings (SSSR count). The van der Waals surface area contributed by atoms with Crippen molar-refractivity contribution < 1.29 is 23.1 Å². The van der Waals surface area contributed by atoms with Crippen LogP contribution in [-0.2, 0) is 14.8 Å². The molecule has 2 aromatic rings. The number of anilines is 1. The molecule has 0 aromatic heterocycles. The minimum Gasteiger partial charge on any atom is -0.481 e. The van der Waals surface area contributed by atoms with Gasteiger partial charge in [-0.05, 0) is 43.3 Å². The second-order valence-electron chi connectivity index (χ2n) is 6.42. The Hall–Kier alpha value is -2.87. The van der Waals surface area contributed by atoms with Gasteiger partial charge in [0.2, 0.25) is 0 Å². The summed E-state index contributed by atoms with van der Waals surface area (Å²) in [7, 11) is -2.27. The number of amides is 1. The van der Waals surface area contributed by atoms with Crippen LogP contribution in [0.15, 0.2) is 53.4 Å². The second kappa shape index (κ2) is 8.22. The Morgan fingerprint density at radius 2 is 1.63 bits per heavy atom. The number of aliphatic carboxylic acids is 1. The summed E-state index contributed by atoms with van der Waals surface area (Å²) in [6.45, 7) is 3.48. The molecule has 0 spiro atoms. The van der Waals surface area contributed by atoms with Crippen LogP contribution in [0.4, 0.5) is 5.69 Å². The zero-order valence-corrected chi connectivity index (χ0v) is 16.2. The monoisotopic (exact) mass is 390 g/mol. The number of benzene rings is 2. The Bertz CT molecular complexity index is 922. The van der Waals surface area contributed by atoms with Crippen LogP contribution in [0.2, 0.25) is 0 Å². The summed E-state index contributed by atoms with van der Waals surface area (Å²) in [6.07, 6.45) is 0. The topological polar surface area (TPSA) is 104 Å². The largest absolute Gasteiger partial charge is 0.481 e. The molecular formula is C19H22N2O5S. The highest BCUT2D eigenvalue weighted by Gasteiger charge is 2.20. The first-order chi connectivity index (χ1) is 12.6. The molecular weight excluding hydrogens is 368 g/mol. The van der Waals surface area contributed by atoms with Crippen LogP contribution in [0, 0.1) is 12.8 Å². The highest BCUT2D eigenvalue weighted by molar-refractivity contribution is 7.92. The molecule has 27 heavy (non-hydrogen) atoms. The minimum atomic E-state index is -3.77. The molecule has 0 radical (unpaired) electrons. The van der Waals surface area contributed by atoms with E-state index in [1.54, 1.807) is 24.3 Å². The number of rotatable bonds is 7. The lowest BCUT2D eigenvalue weighted by Gasteiger charge is -2.19. The maximum atomic E-state index is 12.5. The smallest absolute Gasteiger partial charge is 0.308 e. The van der Waals surface area contributed by atoms with Crippen molar-refractivity contribution in [3.63, 3.8) is 0 Å². The highest BCUT2D eigenvalue weighted by Crippen LogP contribution is 2.18. The van der Waals surface area contributed by atoms with Crippen LogP contribution < -0.4 is 4.72 Å². The third-order valence-corrected chi connectivity index (χ3v) is 5.43. The van der Waals surface area contributed by atoms with E-state index in [0.717, 1.165) is 5.56 Å². The van der Waals surface area contributed by atoms with Crippen LogP contribution in [-0.4, -0.2) is 43.9 Å². The minimum absolute atomic E-state index is 0.0289. The van der Waals surface area contributed by atoms with Crippen molar-refractivity contribution >= 4 is 27.6 Å². The predicted octanol–water partition coefficient (Wildman–Crippen LogP) is 2.59. The summed E-state index contributed by atoms with van der Waals surface area (Å²) in [4.78, 5) is 24.6. The first-order valence-corrected chi connectivity index (χ1v) is 9.76. The molecule has 1 unspecified atom stereocenters. The van der Waals surface area contributed by atoms with Gasteiger partial charge in [-0.3, -0.25) is 14.3 Å².